The average molecular weight is 434 g/mol. The van der Waals surface area contributed by atoms with E-state index in [-0.39, 0.29) is 10.6 Å². The number of nitrogens with one attached hydrogen (secondary N) is 1. The first-order valence-corrected chi connectivity index (χ1v) is 10.4. The largest absolute Gasteiger partial charge is 0.416 e. The summed E-state index contributed by atoms with van der Waals surface area (Å²) in [6, 6.07) is 8.26. The molecule has 0 radical (unpaired) electrons. The van der Waals surface area contributed by atoms with Gasteiger partial charge < -0.3 is 9.80 Å². The second-order valence-electron chi connectivity index (χ2n) is 6.58. The molecule has 2 aromatic carbocycles. The summed E-state index contributed by atoms with van der Waals surface area (Å²) in [5.74, 6) is 0. The van der Waals surface area contributed by atoms with Crippen molar-refractivity contribution in [2.75, 3.05) is 42.8 Å². The highest BCUT2D eigenvalue weighted by Crippen LogP contribution is 2.33. The van der Waals surface area contributed by atoms with Gasteiger partial charge in [0.1, 0.15) is 0 Å². The normalized spacial score (nSPS) is 16.2. The first-order chi connectivity index (χ1) is 13.1. The third-order valence-corrected chi connectivity index (χ3v) is 6.16. The summed E-state index contributed by atoms with van der Waals surface area (Å²) in [5.41, 5.74) is 0.0530. The van der Waals surface area contributed by atoms with Crippen LogP contribution in [0.4, 0.5) is 24.5 Å². The maximum atomic E-state index is 12.7. The molecule has 5 nitrogen and oxygen atoms in total. The van der Waals surface area contributed by atoms with E-state index in [4.69, 9.17) is 11.6 Å². The van der Waals surface area contributed by atoms with Crippen LogP contribution in [0.1, 0.15) is 5.56 Å². The fraction of sp³-hybridized carbons (Fsp3) is 0.333. The zero-order chi connectivity index (χ0) is 20.5. The van der Waals surface area contributed by atoms with E-state index in [2.05, 4.69) is 9.62 Å². The third kappa shape index (κ3) is 4.71. The SMILES string of the molecule is CN1CCN(c2ccc(Cl)cc2NS(=O)(=O)c2ccc(C(F)(F)F)cc2)CC1. The average Bonchev–Trinajstić information content (AvgIpc) is 2.62. The van der Waals surface area contributed by atoms with E-state index in [0.29, 0.717) is 23.8 Å². The first kappa shape index (κ1) is 20.8. The predicted molar refractivity (Wildman–Crippen MR) is 103 cm³/mol. The molecule has 0 amide bonds. The Labute approximate surface area is 166 Å². The van der Waals surface area contributed by atoms with Gasteiger partial charge in [-0.3, -0.25) is 4.72 Å². The summed E-state index contributed by atoms with van der Waals surface area (Å²) in [4.78, 5) is 3.95. The summed E-state index contributed by atoms with van der Waals surface area (Å²) in [6.45, 7) is 3.09. The molecule has 152 valence electrons. The lowest BCUT2D eigenvalue weighted by Gasteiger charge is -2.35. The van der Waals surface area contributed by atoms with E-state index >= 15 is 0 Å². The van der Waals surface area contributed by atoms with Gasteiger partial charge in [-0.15, -0.1) is 0 Å². The highest BCUT2D eigenvalue weighted by molar-refractivity contribution is 7.92. The van der Waals surface area contributed by atoms with Gasteiger partial charge in [0.25, 0.3) is 10.0 Å². The monoisotopic (exact) mass is 433 g/mol. The number of halogens is 4. The molecule has 2 aromatic rings. The minimum atomic E-state index is -4.53. The van der Waals surface area contributed by atoms with Gasteiger partial charge in [0.2, 0.25) is 0 Å². The first-order valence-electron chi connectivity index (χ1n) is 8.49. The van der Waals surface area contributed by atoms with Crippen LogP contribution < -0.4 is 9.62 Å². The summed E-state index contributed by atoms with van der Waals surface area (Å²) in [6.07, 6.45) is -4.53. The van der Waals surface area contributed by atoms with Crippen molar-refractivity contribution < 1.29 is 21.6 Å². The van der Waals surface area contributed by atoms with Crippen molar-refractivity contribution in [1.29, 1.82) is 0 Å². The molecule has 0 atom stereocenters. The van der Waals surface area contributed by atoms with Crippen LogP contribution in [0, 0.1) is 0 Å². The Hall–Kier alpha value is -1.97. The van der Waals surface area contributed by atoms with Gasteiger partial charge in [0.05, 0.1) is 21.8 Å². The molecule has 0 unspecified atom stereocenters. The number of nitrogens with zero attached hydrogens (tertiary/aromatic N) is 2. The zero-order valence-electron chi connectivity index (χ0n) is 15.0. The number of piperazine rings is 1. The molecule has 0 saturated carbocycles. The number of hydrogen-bond donors (Lipinski definition) is 1. The molecule has 0 bridgehead atoms. The summed E-state index contributed by atoms with van der Waals surface area (Å²) in [5, 5.41) is 0.350. The molecule has 1 aliphatic heterocycles. The molecule has 0 aliphatic carbocycles. The molecule has 1 saturated heterocycles. The van der Waals surface area contributed by atoms with Crippen molar-refractivity contribution in [3.63, 3.8) is 0 Å². The van der Waals surface area contributed by atoms with Crippen LogP contribution in [0.25, 0.3) is 0 Å². The van der Waals surface area contributed by atoms with E-state index in [9.17, 15) is 21.6 Å². The van der Waals surface area contributed by atoms with E-state index in [1.165, 1.54) is 6.07 Å². The number of benzene rings is 2. The van der Waals surface area contributed by atoms with E-state index in [1.807, 2.05) is 11.9 Å². The zero-order valence-corrected chi connectivity index (χ0v) is 16.6. The van der Waals surface area contributed by atoms with Crippen molar-refractivity contribution in [2.24, 2.45) is 0 Å². The van der Waals surface area contributed by atoms with Gasteiger partial charge in [-0.05, 0) is 49.5 Å². The second-order valence-corrected chi connectivity index (χ2v) is 8.70. The van der Waals surface area contributed by atoms with Gasteiger partial charge in [-0.2, -0.15) is 13.2 Å². The third-order valence-electron chi connectivity index (χ3n) is 4.54. The topological polar surface area (TPSA) is 52.6 Å². The molecular formula is C18H19ClF3N3O2S. The maximum Gasteiger partial charge on any atom is 0.416 e. The summed E-state index contributed by atoms with van der Waals surface area (Å²) >= 11 is 6.04. The number of sulfonamides is 1. The van der Waals surface area contributed by atoms with Gasteiger partial charge in [0.15, 0.2) is 0 Å². The lowest BCUT2D eigenvalue weighted by molar-refractivity contribution is -0.137. The quantitative estimate of drug-likeness (QED) is 0.794. The predicted octanol–water partition coefficient (Wildman–Crippen LogP) is 3.91. The number of hydrogen-bond acceptors (Lipinski definition) is 4. The van der Waals surface area contributed by atoms with Crippen molar-refractivity contribution >= 4 is 33.0 Å². The van der Waals surface area contributed by atoms with Crippen molar-refractivity contribution in [3.05, 3.63) is 53.1 Å². The standard InChI is InChI=1S/C18H19ClF3N3O2S/c1-24-8-10-25(11-9-24)17-7-4-14(19)12-16(17)23-28(26,27)15-5-2-13(3-6-15)18(20,21)22/h2-7,12,23H,8-11H2,1H3. The number of anilines is 2. The van der Waals surface area contributed by atoms with Crippen LogP contribution in [-0.2, 0) is 16.2 Å². The minimum Gasteiger partial charge on any atom is -0.367 e. The fourth-order valence-corrected chi connectivity index (χ4v) is 4.18. The fourth-order valence-electron chi connectivity index (χ4n) is 2.94. The molecule has 28 heavy (non-hydrogen) atoms. The van der Waals surface area contributed by atoms with Gasteiger partial charge >= 0.3 is 6.18 Å². The minimum absolute atomic E-state index is 0.259. The van der Waals surface area contributed by atoms with E-state index < -0.39 is 21.8 Å². The Bertz CT molecular complexity index is 942. The van der Waals surface area contributed by atoms with Crippen molar-refractivity contribution in [1.82, 2.24) is 4.90 Å². The second kappa shape index (κ2) is 7.81. The summed E-state index contributed by atoms with van der Waals surface area (Å²) < 4.78 is 66.0. The van der Waals surface area contributed by atoms with Crippen LogP contribution in [0.15, 0.2) is 47.4 Å². The molecule has 1 N–H and O–H groups in total. The summed E-state index contributed by atoms with van der Waals surface area (Å²) in [7, 11) is -2.07. The Kier molecular flexibility index (Phi) is 5.79. The highest BCUT2D eigenvalue weighted by atomic mass is 35.5. The van der Waals surface area contributed by atoms with Crippen LogP contribution in [0.5, 0.6) is 0 Å². The van der Waals surface area contributed by atoms with Gasteiger partial charge in [-0.1, -0.05) is 11.6 Å². The maximum absolute atomic E-state index is 12.7. The van der Waals surface area contributed by atoms with Crippen LogP contribution >= 0.6 is 11.6 Å². The van der Waals surface area contributed by atoms with Crippen LogP contribution in [0.3, 0.4) is 0 Å². The van der Waals surface area contributed by atoms with E-state index in [0.717, 1.165) is 37.4 Å². The molecule has 0 spiro atoms. The molecule has 0 aromatic heterocycles. The van der Waals surface area contributed by atoms with Crippen LogP contribution in [0.2, 0.25) is 5.02 Å². The number of rotatable bonds is 4. The van der Waals surface area contributed by atoms with Crippen LogP contribution in [-0.4, -0.2) is 46.5 Å². The highest BCUT2D eigenvalue weighted by Gasteiger charge is 2.31. The number of alkyl halides is 3. The lowest BCUT2D eigenvalue weighted by Crippen LogP contribution is -2.44. The molecule has 1 heterocycles. The molecule has 1 fully saturated rings. The smallest absolute Gasteiger partial charge is 0.367 e. The molecule has 1 aliphatic rings. The Morgan fingerprint density at radius 1 is 1.00 bits per heavy atom. The Morgan fingerprint density at radius 3 is 2.18 bits per heavy atom. The lowest BCUT2D eigenvalue weighted by atomic mass is 10.2. The molecular weight excluding hydrogens is 415 g/mol. The van der Waals surface area contributed by atoms with Crippen molar-refractivity contribution in [2.45, 2.75) is 11.1 Å². The number of likely N-dealkylation sites (N-methyl/N-ethyl adjacent to an activating group) is 1. The van der Waals surface area contributed by atoms with Gasteiger partial charge in [-0.25, -0.2) is 8.42 Å². The molecule has 3 rings (SSSR count). The van der Waals surface area contributed by atoms with E-state index in [1.54, 1.807) is 12.1 Å². The Morgan fingerprint density at radius 2 is 1.61 bits per heavy atom. The Balaban J connectivity index is 1.88. The van der Waals surface area contributed by atoms with Crippen molar-refractivity contribution in [3.8, 4) is 0 Å². The molecule has 10 heteroatoms. The van der Waals surface area contributed by atoms with Gasteiger partial charge in [0, 0.05) is 31.2 Å².